The highest BCUT2D eigenvalue weighted by Crippen LogP contribution is 2.21. The average molecular weight is 304 g/mol. The predicted molar refractivity (Wildman–Crippen MR) is 85.8 cm³/mol. The molecule has 21 heavy (non-hydrogen) atoms. The van der Waals surface area contributed by atoms with Crippen molar-refractivity contribution in [1.82, 2.24) is 5.32 Å². The van der Waals surface area contributed by atoms with E-state index >= 15 is 0 Å². The molecular formula is C16H20N2O2S. The molecule has 0 radical (unpaired) electrons. The van der Waals surface area contributed by atoms with Crippen molar-refractivity contribution < 1.29 is 8.42 Å². The van der Waals surface area contributed by atoms with Gasteiger partial charge in [-0.2, -0.15) is 0 Å². The molecule has 2 rings (SSSR count). The molecule has 0 heterocycles. The Kier molecular flexibility index (Phi) is 4.98. The summed E-state index contributed by atoms with van der Waals surface area (Å²) in [6, 6.07) is 14.4. The fourth-order valence-corrected chi connectivity index (χ4v) is 3.43. The molecule has 0 unspecified atom stereocenters. The van der Waals surface area contributed by atoms with Gasteiger partial charge in [-0.1, -0.05) is 43.3 Å². The fourth-order valence-electron chi connectivity index (χ4n) is 2.06. The van der Waals surface area contributed by atoms with Crippen molar-refractivity contribution in [3.63, 3.8) is 0 Å². The first kappa shape index (κ1) is 15.5. The minimum atomic E-state index is -3.59. The van der Waals surface area contributed by atoms with Crippen LogP contribution >= 0.6 is 0 Å². The van der Waals surface area contributed by atoms with Crippen LogP contribution in [-0.2, 0) is 16.6 Å². The zero-order valence-corrected chi connectivity index (χ0v) is 13.1. The molecule has 0 saturated heterocycles. The van der Waals surface area contributed by atoms with Crippen LogP contribution in [0.3, 0.4) is 0 Å². The Morgan fingerprint density at radius 3 is 2.38 bits per heavy atom. The number of para-hydroxylation sites is 1. The first-order valence-corrected chi connectivity index (χ1v) is 8.40. The standard InChI is InChI=1S/C16H20N2O2S/c1-3-17-12-14-9-5-7-11-16(14)21(19,20)18-15-10-6-4-8-13(15)2/h4-11,17-18H,3,12H2,1-2H3. The SMILES string of the molecule is CCNCc1ccccc1S(=O)(=O)Nc1ccccc1C. The molecule has 0 aliphatic rings. The minimum absolute atomic E-state index is 0.314. The van der Waals surface area contributed by atoms with Gasteiger partial charge in [0.25, 0.3) is 10.0 Å². The number of hydrogen-bond donors (Lipinski definition) is 2. The Bertz CT molecular complexity index is 712. The lowest BCUT2D eigenvalue weighted by molar-refractivity contribution is 0.598. The van der Waals surface area contributed by atoms with E-state index in [0.717, 1.165) is 17.7 Å². The van der Waals surface area contributed by atoms with Gasteiger partial charge in [0.05, 0.1) is 10.6 Å². The van der Waals surface area contributed by atoms with Gasteiger partial charge < -0.3 is 5.32 Å². The van der Waals surface area contributed by atoms with Crippen LogP contribution in [0, 0.1) is 6.92 Å². The first-order chi connectivity index (χ1) is 10.0. The summed E-state index contributed by atoms with van der Waals surface area (Å²) in [7, 11) is -3.59. The quantitative estimate of drug-likeness (QED) is 0.862. The summed E-state index contributed by atoms with van der Waals surface area (Å²) in [5.74, 6) is 0. The Morgan fingerprint density at radius 1 is 1.00 bits per heavy atom. The smallest absolute Gasteiger partial charge is 0.262 e. The van der Waals surface area contributed by atoms with Crippen LogP contribution in [0.4, 0.5) is 5.69 Å². The summed E-state index contributed by atoms with van der Waals surface area (Å²) in [5, 5.41) is 3.16. The van der Waals surface area contributed by atoms with E-state index in [4.69, 9.17) is 0 Å². The number of aryl methyl sites for hydroxylation is 1. The van der Waals surface area contributed by atoms with E-state index < -0.39 is 10.0 Å². The van der Waals surface area contributed by atoms with E-state index in [-0.39, 0.29) is 0 Å². The molecule has 0 saturated carbocycles. The maximum atomic E-state index is 12.6. The average Bonchev–Trinajstić information content (AvgIpc) is 2.47. The molecule has 112 valence electrons. The lowest BCUT2D eigenvalue weighted by Gasteiger charge is -2.13. The van der Waals surface area contributed by atoms with Crippen molar-refractivity contribution in [2.75, 3.05) is 11.3 Å². The predicted octanol–water partition coefficient (Wildman–Crippen LogP) is 2.91. The minimum Gasteiger partial charge on any atom is -0.313 e. The van der Waals surface area contributed by atoms with Gasteiger partial charge in [0.15, 0.2) is 0 Å². The number of anilines is 1. The van der Waals surface area contributed by atoms with Crippen molar-refractivity contribution in [3.05, 3.63) is 59.7 Å². The molecule has 0 bridgehead atoms. The van der Waals surface area contributed by atoms with E-state index in [0.29, 0.717) is 17.1 Å². The third-order valence-corrected chi connectivity index (χ3v) is 4.68. The zero-order valence-electron chi connectivity index (χ0n) is 12.3. The Labute approximate surface area is 126 Å². The highest BCUT2D eigenvalue weighted by atomic mass is 32.2. The molecule has 0 spiro atoms. The van der Waals surface area contributed by atoms with Gasteiger partial charge >= 0.3 is 0 Å². The summed E-state index contributed by atoms with van der Waals surface area (Å²) in [4.78, 5) is 0.314. The molecule has 2 aromatic carbocycles. The molecule has 0 atom stereocenters. The molecule has 0 aliphatic heterocycles. The number of rotatable bonds is 6. The second-order valence-corrected chi connectivity index (χ2v) is 6.46. The third-order valence-electron chi connectivity index (χ3n) is 3.22. The molecule has 0 aliphatic carbocycles. The third kappa shape index (κ3) is 3.83. The van der Waals surface area contributed by atoms with Crippen molar-refractivity contribution in [2.24, 2.45) is 0 Å². The van der Waals surface area contributed by atoms with E-state index in [1.807, 2.05) is 44.2 Å². The number of benzene rings is 2. The van der Waals surface area contributed by atoms with Gasteiger partial charge in [-0.3, -0.25) is 4.72 Å². The van der Waals surface area contributed by atoms with E-state index in [1.165, 1.54) is 0 Å². The maximum Gasteiger partial charge on any atom is 0.262 e. The lowest BCUT2D eigenvalue weighted by Crippen LogP contribution is -2.19. The largest absolute Gasteiger partial charge is 0.313 e. The number of nitrogens with one attached hydrogen (secondary N) is 2. The van der Waals surface area contributed by atoms with Crippen LogP contribution in [0.25, 0.3) is 0 Å². The highest BCUT2D eigenvalue weighted by Gasteiger charge is 2.18. The summed E-state index contributed by atoms with van der Waals surface area (Å²) >= 11 is 0. The lowest BCUT2D eigenvalue weighted by atomic mass is 10.2. The van der Waals surface area contributed by atoms with Crippen molar-refractivity contribution in [3.8, 4) is 0 Å². The number of hydrogen-bond acceptors (Lipinski definition) is 3. The molecular weight excluding hydrogens is 284 g/mol. The summed E-state index contributed by atoms with van der Waals surface area (Å²) in [5.41, 5.74) is 2.27. The molecule has 5 heteroatoms. The van der Waals surface area contributed by atoms with E-state index in [9.17, 15) is 8.42 Å². The second-order valence-electron chi connectivity index (χ2n) is 4.81. The van der Waals surface area contributed by atoms with Gasteiger partial charge in [0.1, 0.15) is 0 Å². The van der Waals surface area contributed by atoms with Crippen LogP contribution < -0.4 is 10.0 Å². The highest BCUT2D eigenvalue weighted by molar-refractivity contribution is 7.92. The van der Waals surface area contributed by atoms with Gasteiger partial charge in [-0.05, 0) is 36.7 Å². The molecule has 0 amide bonds. The van der Waals surface area contributed by atoms with Crippen LogP contribution in [0.1, 0.15) is 18.1 Å². The van der Waals surface area contributed by atoms with E-state index in [2.05, 4.69) is 10.0 Å². The molecule has 2 aromatic rings. The number of sulfonamides is 1. The van der Waals surface area contributed by atoms with Gasteiger partial charge in [-0.25, -0.2) is 8.42 Å². The molecule has 4 nitrogen and oxygen atoms in total. The summed E-state index contributed by atoms with van der Waals surface area (Å²) in [6.45, 7) is 5.19. The second kappa shape index (κ2) is 6.74. The van der Waals surface area contributed by atoms with Crippen LogP contribution in [-0.4, -0.2) is 15.0 Å². The monoisotopic (exact) mass is 304 g/mol. The van der Waals surface area contributed by atoms with Gasteiger partial charge in [-0.15, -0.1) is 0 Å². The Hall–Kier alpha value is -1.85. The maximum absolute atomic E-state index is 12.6. The van der Waals surface area contributed by atoms with Crippen molar-refractivity contribution in [1.29, 1.82) is 0 Å². The summed E-state index contributed by atoms with van der Waals surface area (Å²) < 4.78 is 27.9. The summed E-state index contributed by atoms with van der Waals surface area (Å²) in [6.07, 6.45) is 0. The first-order valence-electron chi connectivity index (χ1n) is 6.91. The topological polar surface area (TPSA) is 58.2 Å². The van der Waals surface area contributed by atoms with E-state index in [1.54, 1.807) is 18.2 Å². The molecule has 2 N–H and O–H groups in total. The zero-order chi connectivity index (χ0) is 15.3. The van der Waals surface area contributed by atoms with Gasteiger partial charge in [0.2, 0.25) is 0 Å². The molecule has 0 fully saturated rings. The van der Waals surface area contributed by atoms with Crippen LogP contribution in [0.2, 0.25) is 0 Å². The normalized spacial score (nSPS) is 11.3. The van der Waals surface area contributed by atoms with Crippen LogP contribution in [0.15, 0.2) is 53.4 Å². The molecule has 0 aromatic heterocycles. The van der Waals surface area contributed by atoms with Crippen LogP contribution in [0.5, 0.6) is 0 Å². The van der Waals surface area contributed by atoms with Gasteiger partial charge in [0, 0.05) is 6.54 Å². The fraction of sp³-hybridized carbons (Fsp3) is 0.250. The Balaban J connectivity index is 2.34. The Morgan fingerprint density at radius 2 is 1.67 bits per heavy atom. The van der Waals surface area contributed by atoms with Crippen molar-refractivity contribution in [2.45, 2.75) is 25.3 Å². The van der Waals surface area contributed by atoms with Crippen molar-refractivity contribution >= 4 is 15.7 Å².